The smallest absolute Gasteiger partial charge is 0.261 e. The van der Waals surface area contributed by atoms with Crippen LogP contribution in [0.25, 0.3) is 5.65 Å². The van der Waals surface area contributed by atoms with Gasteiger partial charge in [-0.05, 0) is 51.2 Å². The minimum absolute atomic E-state index is 0.0884. The highest BCUT2D eigenvalue weighted by Gasteiger charge is 2.47. The number of nitrogens with one attached hydrogen (secondary N) is 1. The van der Waals surface area contributed by atoms with Crippen LogP contribution in [0.1, 0.15) is 49.0 Å². The van der Waals surface area contributed by atoms with Crippen molar-refractivity contribution < 1.29 is 23.0 Å². The van der Waals surface area contributed by atoms with E-state index in [1.807, 2.05) is 24.8 Å². The van der Waals surface area contributed by atoms with Crippen LogP contribution in [0.2, 0.25) is 0 Å². The number of carbonyl (C=O) groups is 1. The Kier molecular flexibility index (Phi) is 5.59. The number of aromatic nitrogens is 3. The number of anilines is 1. The lowest BCUT2D eigenvalue weighted by atomic mass is 9.80. The van der Waals surface area contributed by atoms with Crippen molar-refractivity contribution in [3.63, 3.8) is 0 Å². The maximum atomic E-state index is 13.3. The molecule has 0 unspecified atom stereocenters. The Labute approximate surface area is 207 Å². The van der Waals surface area contributed by atoms with Gasteiger partial charge in [0, 0.05) is 42.5 Å². The number of nitrogens with zero attached hydrogens (tertiary/aromatic N) is 4. The summed E-state index contributed by atoms with van der Waals surface area (Å²) in [4.78, 5) is 19.4. The number of hydrogen-bond donors (Lipinski definition) is 1. The number of amides is 1. The van der Waals surface area contributed by atoms with Crippen molar-refractivity contribution in [2.45, 2.75) is 63.6 Å². The van der Waals surface area contributed by atoms with Gasteiger partial charge in [0.15, 0.2) is 5.65 Å². The third kappa shape index (κ3) is 4.17. The van der Waals surface area contributed by atoms with E-state index < -0.39 is 6.43 Å². The van der Waals surface area contributed by atoms with Gasteiger partial charge in [0.05, 0.1) is 18.4 Å². The maximum Gasteiger partial charge on any atom is 0.261 e. The van der Waals surface area contributed by atoms with E-state index >= 15 is 0 Å². The molecule has 2 aromatic heterocycles. The fourth-order valence-electron chi connectivity index (χ4n) is 5.84. The summed E-state index contributed by atoms with van der Waals surface area (Å²) in [5.74, 6) is 1.27. The van der Waals surface area contributed by atoms with Crippen LogP contribution in [0.3, 0.4) is 0 Å². The molecule has 1 saturated heterocycles. The van der Waals surface area contributed by atoms with Gasteiger partial charge in [-0.2, -0.15) is 5.10 Å². The lowest BCUT2D eigenvalue weighted by Crippen LogP contribution is -2.45. The molecule has 190 valence electrons. The summed E-state index contributed by atoms with van der Waals surface area (Å²) in [7, 11) is 0. The first-order chi connectivity index (χ1) is 17.3. The van der Waals surface area contributed by atoms with Crippen LogP contribution < -0.4 is 14.8 Å². The second kappa shape index (κ2) is 8.69. The van der Waals surface area contributed by atoms with E-state index in [1.54, 1.807) is 24.5 Å². The highest BCUT2D eigenvalue weighted by Crippen LogP contribution is 2.45. The molecule has 1 aliphatic carbocycles. The average Bonchev–Trinajstić information content (AvgIpc) is 3.42. The number of carbonyl (C=O) groups excluding carboxylic acids is 1. The van der Waals surface area contributed by atoms with Gasteiger partial charge in [-0.25, -0.2) is 18.3 Å². The fourth-order valence-corrected chi connectivity index (χ4v) is 5.84. The summed E-state index contributed by atoms with van der Waals surface area (Å²) in [5, 5.41) is 7.16. The summed E-state index contributed by atoms with van der Waals surface area (Å²) in [6, 6.07) is 5.55. The highest BCUT2D eigenvalue weighted by molar-refractivity contribution is 6.08. The van der Waals surface area contributed by atoms with Crippen LogP contribution in [0.4, 0.5) is 14.5 Å². The number of benzene rings is 1. The molecule has 1 N–H and O–H groups in total. The Morgan fingerprint density at radius 3 is 2.97 bits per heavy atom. The van der Waals surface area contributed by atoms with Crippen LogP contribution >= 0.6 is 0 Å². The molecule has 1 aromatic carbocycles. The van der Waals surface area contributed by atoms with Crippen LogP contribution in [0, 0.1) is 5.92 Å². The van der Waals surface area contributed by atoms with Crippen molar-refractivity contribution in [3.8, 4) is 11.5 Å². The monoisotopic (exact) mass is 497 g/mol. The molecule has 4 heterocycles. The number of hydrogen-bond acceptors (Lipinski definition) is 6. The molecule has 3 atom stereocenters. The average molecular weight is 498 g/mol. The molecule has 8 nitrogen and oxygen atoms in total. The van der Waals surface area contributed by atoms with Gasteiger partial charge < -0.3 is 14.8 Å². The summed E-state index contributed by atoms with van der Waals surface area (Å²) in [6.07, 6.45) is 6.02. The molecule has 6 rings (SSSR count). The third-order valence-electron chi connectivity index (χ3n) is 7.56. The summed E-state index contributed by atoms with van der Waals surface area (Å²) in [6.45, 7) is 4.05. The zero-order chi connectivity index (χ0) is 25.0. The first kappa shape index (κ1) is 23.1. The molecule has 1 amide bonds. The van der Waals surface area contributed by atoms with Crippen molar-refractivity contribution in [1.82, 2.24) is 19.5 Å². The van der Waals surface area contributed by atoms with Gasteiger partial charge in [-0.3, -0.25) is 9.69 Å². The lowest BCUT2D eigenvalue weighted by molar-refractivity contribution is 0.0294. The molecule has 10 heteroatoms. The SMILES string of the molecule is CC1(C)Cc2cc(NC(=O)c3cnn4cccnc34)c(OC[C@@H]3C[C@@H]4CC[C@@H]4N3CC(F)F)cc2O1. The normalized spacial score (nSPS) is 24.3. The first-order valence-electron chi connectivity index (χ1n) is 12.4. The number of fused-ring (bicyclic) bond motifs is 3. The van der Waals surface area contributed by atoms with Crippen molar-refractivity contribution in [1.29, 1.82) is 0 Å². The van der Waals surface area contributed by atoms with Gasteiger partial charge in [0.1, 0.15) is 29.3 Å². The van der Waals surface area contributed by atoms with Crippen molar-refractivity contribution in [2.75, 3.05) is 18.5 Å². The Morgan fingerprint density at radius 1 is 1.33 bits per heavy atom. The minimum Gasteiger partial charge on any atom is -0.490 e. The summed E-state index contributed by atoms with van der Waals surface area (Å²) < 4.78 is 40.4. The second-order valence-electron chi connectivity index (χ2n) is 10.6. The molecule has 36 heavy (non-hydrogen) atoms. The molecule has 2 fully saturated rings. The Balaban J connectivity index is 1.26. The lowest BCUT2D eigenvalue weighted by Gasteiger charge is -2.37. The van der Waals surface area contributed by atoms with Gasteiger partial charge in [-0.15, -0.1) is 0 Å². The zero-order valence-corrected chi connectivity index (χ0v) is 20.3. The standard InChI is InChI=1S/C26H29F2N5O3/c1-26(2)11-16-9-19(31-25(34)18-12-30-33-7-3-6-29-24(18)33)22(10-21(16)36-26)35-14-17-8-15-4-5-20(15)32(17)13-23(27)28/h3,6-7,9-10,12,15,17,20,23H,4-5,8,11,13-14H2,1-2H3,(H,31,34)/t15-,17-,20-/m0/s1. The van der Waals surface area contributed by atoms with E-state index in [2.05, 4.69) is 15.4 Å². The first-order valence-corrected chi connectivity index (χ1v) is 12.4. The molecular formula is C26H29F2N5O3. The van der Waals surface area contributed by atoms with E-state index in [9.17, 15) is 13.6 Å². The van der Waals surface area contributed by atoms with Crippen molar-refractivity contribution in [2.24, 2.45) is 5.92 Å². The largest absolute Gasteiger partial charge is 0.490 e. The van der Waals surface area contributed by atoms with Gasteiger partial charge in [0.2, 0.25) is 0 Å². The van der Waals surface area contributed by atoms with Gasteiger partial charge in [0.25, 0.3) is 12.3 Å². The number of alkyl halides is 2. The minimum atomic E-state index is -2.38. The predicted molar refractivity (Wildman–Crippen MR) is 129 cm³/mol. The molecule has 2 aliphatic heterocycles. The van der Waals surface area contributed by atoms with Crippen LogP contribution in [0.15, 0.2) is 36.8 Å². The molecule has 0 spiro atoms. The highest BCUT2D eigenvalue weighted by atomic mass is 19.3. The zero-order valence-electron chi connectivity index (χ0n) is 20.3. The van der Waals surface area contributed by atoms with Gasteiger partial charge in [-0.1, -0.05) is 0 Å². The van der Waals surface area contributed by atoms with E-state index in [0.29, 0.717) is 40.7 Å². The van der Waals surface area contributed by atoms with E-state index in [0.717, 1.165) is 24.8 Å². The Hall–Kier alpha value is -3.27. The maximum absolute atomic E-state index is 13.3. The summed E-state index contributed by atoms with van der Waals surface area (Å²) in [5.41, 5.74) is 1.91. The van der Waals surface area contributed by atoms with Crippen LogP contribution in [0.5, 0.6) is 11.5 Å². The van der Waals surface area contributed by atoms with E-state index in [-0.39, 0.29) is 36.7 Å². The molecule has 1 saturated carbocycles. The van der Waals surface area contributed by atoms with Crippen LogP contribution in [-0.2, 0) is 6.42 Å². The number of halogens is 2. The Morgan fingerprint density at radius 2 is 2.19 bits per heavy atom. The van der Waals surface area contributed by atoms with Crippen LogP contribution in [-0.4, -0.2) is 62.7 Å². The topological polar surface area (TPSA) is 81.0 Å². The molecule has 0 bridgehead atoms. The second-order valence-corrected chi connectivity index (χ2v) is 10.6. The predicted octanol–water partition coefficient (Wildman–Crippen LogP) is 4.19. The van der Waals surface area contributed by atoms with E-state index in [4.69, 9.17) is 9.47 Å². The quantitative estimate of drug-likeness (QED) is 0.527. The number of rotatable bonds is 7. The molecule has 0 radical (unpaired) electrons. The van der Waals surface area contributed by atoms with Crippen molar-refractivity contribution >= 4 is 17.2 Å². The molecule has 3 aliphatic rings. The Bertz CT molecular complexity index is 1310. The van der Waals surface area contributed by atoms with Gasteiger partial charge >= 0.3 is 0 Å². The van der Waals surface area contributed by atoms with Crippen molar-refractivity contribution in [3.05, 3.63) is 47.9 Å². The fraction of sp³-hybridized carbons (Fsp3) is 0.500. The molecular weight excluding hydrogens is 468 g/mol. The third-order valence-corrected chi connectivity index (χ3v) is 7.56. The number of likely N-dealkylation sites (tertiary alicyclic amines) is 1. The molecule has 3 aromatic rings. The summed E-state index contributed by atoms with van der Waals surface area (Å²) >= 11 is 0. The van der Waals surface area contributed by atoms with E-state index in [1.165, 1.54) is 10.7 Å². The number of ether oxygens (including phenoxy) is 2.